The average Bonchev–Trinajstić information content (AvgIpc) is 1.43. The van der Waals surface area contributed by atoms with Gasteiger partial charge in [-0.25, -0.2) is 14.6 Å². The standard InChI is InChI=1S/C75H110N10O16S/c1-14-49(8)68(61(98-12)44-65(92)84-36-19-25-58(84)69(99-13)50(9)70(93)80-57(72-77-35-40-102-72)41-51-21-16-15-17-22-51)82(10)73(95)56(46(2)3)43-60(88)67(48(6)7)83(11)75(97)101-45-52-26-28-54(29-27-52)79-71(94)53(23-18-34-78-74(76)96)42-59(87)66(47(4)5)81-62(89)33-39-100-38-20-24-55(86)32-37-85-63(90)30-31-64(85)91/h15-17,21-22,26-31,35,40,46-50,53,56-58,61,66-69H,14,18-20,23-25,32-34,36-39,41-45H2,1-13H3,(H,79,94)(H,80,93)(H,81,89)(H3,76,78,96)/t49-,50+,53+,56-,57-,58-,61+,66-,67-,68-,69+/m0/s1. The number of likely N-dealkylation sites (N-methyl/N-ethyl adjacent to an activating group) is 2. The first-order valence-corrected chi connectivity index (χ1v) is 36.6. The second kappa shape index (κ2) is 42.4. The predicted octanol–water partition coefficient (Wildman–Crippen LogP) is 8.16. The monoisotopic (exact) mass is 1440 g/mol. The summed E-state index contributed by atoms with van der Waals surface area (Å²) in [6.45, 7) is 17.3. The Morgan fingerprint density at radius 2 is 1.43 bits per heavy atom. The maximum Gasteiger partial charge on any atom is 0.410 e. The largest absolute Gasteiger partial charge is 0.445 e. The number of primary amides is 1. The minimum atomic E-state index is -0.975. The molecule has 26 nitrogen and oxygen atoms in total. The van der Waals surface area contributed by atoms with E-state index >= 15 is 0 Å². The van der Waals surface area contributed by atoms with Crippen molar-refractivity contribution < 1.29 is 76.5 Å². The Labute approximate surface area is 605 Å². The van der Waals surface area contributed by atoms with E-state index in [4.69, 9.17) is 24.7 Å². The molecule has 3 aromatic rings. The Balaban J connectivity index is 1.15. The molecule has 10 amide bonds. The molecule has 0 saturated carbocycles. The van der Waals surface area contributed by atoms with Gasteiger partial charge in [-0.3, -0.25) is 52.8 Å². The summed E-state index contributed by atoms with van der Waals surface area (Å²) in [5.41, 5.74) is 7.24. The highest BCUT2D eigenvalue weighted by atomic mass is 32.1. The Morgan fingerprint density at radius 1 is 0.745 bits per heavy atom. The molecule has 11 atom stereocenters. The lowest BCUT2D eigenvalue weighted by Crippen LogP contribution is -2.54. The lowest BCUT2D eigenvalue weighted by atomic mass is 9.83. The Morgan fingerprint density at radius 3 is 2.03 bits per heavy atom. The second-order valence-corrected chi connectivity index (χ2v) is 28.7. The Kier molecular flexibility index (Phi) is 35.0. The van der Waals surface area contributed by atoms with Crippen LogP contribution in [0, 0.1) is 41.4 Å². The van der Waals surface area contributed by atoms with Crippen LogP contribution < -0.4 is 27.0 Å². The van der Waals surface area contributed by atoms with Crippen LogP contribution in [0.2, 0.25) is 0 Å². The number of carbonyl (C=O) groups is 12. The third kappa shape index (κ3) is 25.6. The van der Waals surface area contributed by atoms with Crippen LogP contribution in [-0.2, 0) is 79.9 Å². The van der Waals surface area contributed by atoms with Crippen molar-refractivity contribution in [3.63, 3.8) is 0 Å². The summed E-state index contributed by atoms with van der Waals surface area (Å²) in [5, 5.41) is 14.0. The van der Waals surface area contributed by atoms with Crippen molar-refractivity contribution in [1.82, 2.24) is 40.5 Å². The summed E-state index contributed by atoms with van der Waals surface area (Å²) in [6.07, 6.45) is 4.87. The van der Waals surface area contributed by atoms with Crippen LogP contribution >= 0.6 is 11.3 Å². The smallest absolute Gasteiger partial charge is 0.410 e. The number of thiazole rings is 1. The number of nitrogens with one attached hydrogen (secondary N) is 4. The van der Waals surface area contributed by atoms with E-state index in [-0.39, 0.29) is 143 Å². The number of aromatic nitrogens is 1. The van der Waals surface area contributed by atoms with E-state index in [1.807, 2.05) is 84.2 Å². The molecule has 1 aromatic heterocycles. The molecule has 2 aliphatic heterocycles. The van der Waals surface area contributed by atoms with Gasteiger partial charge in [0.15, 0.2) is 11.6 Å². The van der Waals surface area contributed by atoms with E-state index in [2.05, 4.69) is 26.3 Å². The number of hydrogen-bond donors (Lipinski definition) is 5. The van der Waals surface area contributed by atoms with E-state index in [9.17, 15) is 57.5 Å². The van der Waals surface area contributed by atoms with Gasteiger partial charge in [-0.2, -0.15) is 0 Å². The number of rotatable bonds is 45. The van der Waals surface area contributed by atoms with Gasteiger partial charge in [0.05, 0.1) is 61.4 Å². The van der Waals surface area contributed by atoms with Crippen LogP contribution in [0.25, 0.3) is 0 Å². The summed E-state index contributed by atoms with van der Waals surface area (Å²) in [7, 11) is 6.26. The summed E-state index contributed by atoms with van der Waals surface area (Å²) >= 11 is 1.47. The summed E-state index contributed by atoms with van der Waals surface area (Å²) in [4.78, 5) is 171. The molecule has 2 aromatic carbocycles. The van der Waals surface area contributed by atoms with Crippen molar-refractivity contribution in [2.24, 2.45) is 47.2 Å². The van der Waals surface area contributed by atoms with E-state index in [0.29, 0.717) is 56.3 Å². The molecule has 1 fully saturated rings. The number of carbonyl (C=O) groups excluding carboxylic acids is 12. The molecule has 102 heavy (non-hydrogen) atoms. The predicted molar refractivity (Wildman–Crippen MR) is 386 cm³/mol. The van der Waals surface area contributed by atoms with Gasteiger partial charge in [-0.15, -0.1) is 11.3 Å². The normalized spacial score (nSPS) is 16.7. The zero-order valence-electron chi connectivity index (χ0n) is 61.8. The summed E-state index contributed by atoms with van der Waals surface area (Å²) in [5.74, 6) is -6.96. The van der Waals surface area contributed by atoms with Crippen molar-refractivity contribution in [3.05, 3.63) is 94.5 Å². The number of urea groups is 1. The van der Waals surface area contributed by atoms with Gasteiger partial charge >= 0.3 is 12.1 Å². The van der Waals surface area contributed by atoms with Crippen LogP contribution in [0.1, 0.15) is 162 Å². The fourth-order valence-corrected chi connectivity index (χ4v) is 14.1. The van der Waals surface area contributed by atoms with E-state index < -0.39 is 89.9 Å². The number of ketones is 3. The molecule has 27 heteroatoms. The number of nitrogens with two attached hydrogens (primary N) is 1. The van der Waals surface area contributed by atoms with Gasteiger partial charge < -0.3 is 60.6 Å². The Bertz CT molecular complexity index is 3280. The minimum absolute atomic E-state index is 0.00201. The maximum atomic E-state index is 15.0. The number of Topliss-reactive ketones (excluding diaryl/α,β-unsaturated/α-hetero) is 3. The number of imide groups is 1. The molecular weight excluding hydrogens is 1330 g/mol. The fraction of sp³-hybridized carbons (Fsp3) is 0.613. The van der Waals surface area contributed by atoms with Gasteiger partial charge in [-0.05, 0) is 85.5 Å². The number of hydrogen-bond acceptors (Lipinski definition) is 18. The van der Waals surface area contributed by atoms with Crippen molar-refractivity contribution in [2.45, 2.75) is 195 Å². The van der Waals surface area contributed by atoms with Gasteiger partial charge in [0.1, 0.15) is 17.4 Å². The number of benzene rings is 2. The molecule has 0 radical (unpaired) electrons. The van der Waals surface area contributed by atoms with Gasteiger partial charge in [-0.1, -0.05) is 111 Å². The van der Waals surface area contributed by atoms with Crippen LogP contribution in [-0.4, -0.2) is 193 Å². The SMILES string of the molecule is CC[C@H](C)[C@@H]([C@@H](CC(=O)N1CCC[C@H]1[C@H](OC)[C@@H](C)C(=O)N[C@@H](Cc1ccccc1)c1nccs1)OC)N(C)C(=O)[C@@H](CC(=O)[C@H](C(C)C)N(C)C(=O)OCc1ccc(NC(=O)[C@H](CCCNC(N)=O)CC(=O)[C@@H](NC(=O)CCOCCCC(=O)CCN2C(=O)C=CC2=O)C(C)C)cc1)C(C)C. The molecule has 1 saturated heterocycles. The van der Waals surface area contributed by atoms with Gasteiger partial charge in [0.2, 0.25) is 29.5 Å². The molecule has 0 bridgehead atoms. The maximum absolute atomic E-state index is 15.0. The lowest BCUT2D eigenvalue weighted by molar-refractivity contribution is -0.149. The molecule has 562 valence electrons. The van der Waals surface area contributed by atoms with E-state index in [0.717, 1.165) is 27.6 Å². The third-order valence-electron chi connectivity index (χ3n) is 19.3. The number of ether oxygens (including phenoxy) is 4. The number of likely N-dealkylation sites (tertiary alicyclic amines) is 1. The van der Waals surface area contributed by atoms with Crippen molar-refractivity contribution in [2.75, 3.05) is 66.5 Å². The fourth-order valence-electron chi connectivity index (χ4n) is 13.4. The van der Waals surface area contributed by atoms with Crippen LogP contribution in [0.15, 0.2) is 78.3 Å². The molecule has 0 aliphatic carbocycles. The first-order chi connectivity index (χ1) is 48.5. The van der Waals surface area contributed by atoms with Crippen LogP contribution in [0.5, 0.6) is 0 Å². The quantitative estimate of drug-likeness (QED) is 0.0263. The highest BCUT2D eigenvalue weighted by Gasteiger charge is 2.44. The highest BCUT2D eigenvalue weighted by Crippen LogP contribution is 2.33. The molecule has 3 heterocycles. The zero-order chi connectivity index (χ0) is 75.3. The Hall–Kier alpha value is -8.27. The highest BCUT2D eigenvalue weighted by molar-refractivity contribution is 7.09. The van der Waals surface area contributed by atoms with Crippen molar-refractivity contribution in [1.29, 1.82) is 0 Å². The first kappa shape index (κ1) is 84.4. The van der Waals surface area contributed by atoms with Crippen molar-refractivity contribution >= 4 is 87.8 Å². The van der Waals surface area contributed by atoms with Crippen LogP contribution in [0.4, 0.5) is 15.3 Å². The average molecular weight is 1440 g/mol. The number of amides is 10. The van der Waals surface area contributed by atoms with Crippen LogP contribution in [0.3, 0.4) is 0 Å². The molecule has 5 rings (SSSR count). The second-order valence-electron chi connectivity index (χ2n) is 27.8. The molecule has 2 aliphatic rings. The van der Waals surface area contributed by atoms with Crippen molar-refractivity contribution in [3.8, 4) is 0 Å². The number of nitrogens with zero attached hydrogens (tertiary/aromatic N) is 5. The molecule has 6 N–H and O–H groups in total. The zero-order valence-corrected chi connectivity index (χ0v) is 62.6. The first-order valence-electron chi connectivity index (χ1n) is 35.7. The summed E-state index contributed by atoms with van der Waals surface area (Å²) in [6, 6.07) is 12.4. The molecule has 0 spiro atoms. The summed E-state index contributed by atoms with van der Waals surface area (Å²) < 4.78 is 23.6. The lowest BCUT2D eigenvalue weighted by Gasteiger charge is -2.41. The minimum Gasteiger partial charge on any atom is -0.445 e. The third-order valence-corrected chi connectivity index (χ3v) is 20.2. The number of anilines is 1. The van der Waals surface area contributed by atoms with Gasteiger partial charge in [0.25, 0.3) is 11.8 Å². The van der Waals surface area contributed by atoms with E-state index in [1.54, 1.807) is 68.3 Å². The topological polar surface area (TPSA) is 342 Å². The van der Waals surface area contributed by atoms with Gasteiger partial charge in [0, 0.05) is 128 Å². The molecular formula is C75H110N10O16S. The molecule has 0 unspecified atom stereocenters. The number of methoxy groups -OCH3 is 2. The van der Waals surface area contributed by atoms with E-state index in [1.165, 1.54) is 30.4 Å².